The van der Waals surface area contributed by atoms with Gasteiger partial charge < -0.3 is 10.1 Å². The predicted molar refractivity (Wildman–Crippen MR) is 120 cm³/mol. The number of aryl methyl sites for hydroxylation is 1. The van der Waals surface area contributed by atoms with Crippen LogP contribution in [0.25, 0.3) is 0 Å². The highest BCUT2D eigenvalue weighted by Gasteiger charge is 2.33. The smallest absolute Gasteiger partial charge is 0.246 e. The molecule has 0 aliphatic carbocycles. The van der Waals surface area contributed by atoms with E-state index in [1.165, 1.54) is 7.11 Å². The van der Waals surface area contributed by atoms with Crippen LogP contribution in [-0.2, 0) is 10.0 Å². The third kappa shape index (κ3) is 4.70. The molecule has 1 N–H and O–H groups in total. The highest BCUT2D eigenvalue weighted by atomic mass is 32.2. The van der Waals surface area contributed by atoms with Crippen molar-refractivity contribution in [3.63, 3.8) is 0 Å². The Hall–Kier alpha value is -2.97. The van der Waals surface area contributed by atoms with Crippen LogP contribution in [0.15, 0.2) is 65.7 Å². The molecule has 0 bridgehead atoms. The topological polar surface area (TPSA) is 84.4 Å². The summed E-state index contributed by atoms with van der Waals surface area (Å²) in [5, 5.41) is 3.25. The number of aromatic nitrogens is 2. The Morgan fingerprint density at radius 3 is 2.68 bits per heavy atom. The molecule has 1 aliphatic rings. The Morgan fingerprint density at radius 2 is 1.94 bits per heavy atom. The Bertz CT molecular complexity index is 1150. The average Bonchev–Trinajstić information content (AvgIpc) is 2.79. The zero-order valence-corrected chi connectivity index (χ0v) is 18.5. The number of nitrogens with one attached hydrogen (secondary N) is 1. The molecule has 1 atom stereocenters. The monoisotopic (exact) mass is 438 g/mol. The van der Waals surface area contributed by atoms with Gasteiger partial charge in [0, 0.05) is 30.4 Å². The second-order valence-corrected chi connectivity index (χ2v) is 9.52. The minimum atomic E-state index is -3.64. The van der Waals surface area contributed by atoms with E-state index in [4.69, 9.17) is 4.74 Å². The van der Waals surface area contributed by atoms with Crippen LogP contribution in [0.5, 0.6) is 5.75 Å². The second kappa shape index (κ2) is 9.03. The number of piperidine rings is 1. The minimum absolute atomic E-state index is 0.0457. The van der Waals surface area contributed by atoms with Crippen LogP contribution in [0.2, 0.25) is 0 Å². The lowest BCUT2D eigenvalue weighted by Gasteiger charge is -2.32. The molecule has 7 nitrogen and oxygen atoms in total. The Balaban J connectivity index is 1.49. The van der Waals surface area contributed by atoms with Crippen LogP contribution in [-0.4, -0.2) is 42.9 Å². The van der Waals surface area contributed by atoms with Gasteiger partial charge in [-0.25, -0.2) is 13.4 Å². The van der Waals surface area contributed by atoms with Crippen molar-refractivity contribution in [1.82, 2.24) is 14.3 Å². The van der Waals surface area contributed by atoms with Gasteiger partial charge in [0.2, 0.25) is 10.0 Å². The molecule has 3 aromatic rings. The Kier molecular flexibility index (Phi) is 6.20. The molecule has 4 rings (SSSR count). The molecular formula is C23H26N4O3S. The van der Waals surface area contributed by atoms with E-state index < -0.39 is 10.0 Å². The Labute approximate surface area is 183 Å². The van der Waals surface area contributed by atoms with Gasteiger partial charge in [-0.05, 0) is 56.2 Å². The molecule has 1 aromatic carbocycles. The normalized spacial score (nSPS) is 17.3. The van der Waals surface area contributed by atoms with Crippen LogP contribution < -0.4 is 10.1 Å². The first-order valence-corrected chi connectivity index (χ1v) is 11.7. The number of hydrogen-bond donors (Lipinski definition) is 1. The summed E-state index contributed by atoms with van der Waals surface area (Å²) >= 11 is 0. The van der Waals surface area contributed by atoms with Crippen molar-refractivity contribution in [3.05, 3.63) is 72.2 Å². The first kappa shape index (κ1) is 21.3. The van der Waals surface area contributed by atoms with Gasteiger partial charge in [0.05, 0.1) is 19.0 Å². The van der Waals surface area contributed by atoms with Gasteiger partial charge in [0.1, 0.15) is 16.5 Å². The molecule has 31 heavy (non-hydrogen) atoms. The molecule has 1 fully saturated rings. The molecule has 1 unspecified atom stereocenters. The number of methoxy groups -OCH3 is 1. The van der Waals surface area contributed by atoms with Crippen LogP contribution in [0, 0.1) is 6.92 Å². The van der Waals surface area contributed by atoms with Gasteiger partial charge >= 0.3 is 0 Å². The SMILES string of the molecule is COc1ccccc1S(=O)(=O)N1CCCC(c2ccc(Nc3cccc(C)n3)cn2)C1. The zero-order chi connectivity index (χ0) is 21.8. The number of ether oxygens (including phenoxy) is 1. The maximum Gasteiger partial charge on any atom is 0.246 e. The molecule has 2 aromatic heterocycles. The van der Waals surface area contributed by atoms with Gasteiger partial charge in [0.15, 0.2) is 0 Å². The minimum Gasteiger partial charge on any atom is -0.495 e. The number of nitrogens with zero attached hydrogens (tertiary/aromatic N) is 3. The fourth-order valence-corrected chi connectivity index (χ4v) is 5.53. The Morgan fingerprint density at radius 1 is 1.10 bits per heavy atom. The molecule has 3 heterocycles. The standard InChI is InChI=1S/C23H26N4O3S/c1-17-7-5-11-23(25-17)26-19-12-13-20(24-15-19)18-8-6-14-27(16-18)31(28,29)22-10-4-3-9-21(22)30-2/h3-5,7,9-13,15,18H,6,8,14,16H2,1-2H3,(H,25,26). The largest absolute Gasteiger partial charge is 0.495 e. The van der Waals surface area contributed by atoms with Crippen LogP contribution in [0.3, 0.4) is 0 Å². The molecule has 1 saturated heterocycles. The highest BCUT2D eigenvalue weighted by Crippen LogP contribution is 2.32. The van der Waals surface area contributed by atoms with Crippen LogP contribution >= 0.6 is 0 Å². The zero-order valence-electron chi connectivity index (χ0n) is 17.7. The highest BCUT2D eigenvalue weighted by molar-refractivity contribution is 7.89. The van der Waals surface area contributed by atoms with Crippen molar-refractivity contribution in [1.29, 1.82) is 0 Å². The van der Waals surface area contributed by atoms with Crippen molar-refractivity contribution >= 4 is 21.5 Å². The predicted octanol–water partition coefficient (Wildman–Crippen LogP) is 4.11. The van der Waals surface area contributed by atoms with Gasteiger partial charge in [-0.2, -0.15) is 4.31 Å². The third-order valence-electron chi connectivity index (χ3n) is 5.44. The van der Waals surface area contributed by atoms with Crippen molar-refractivity contribution in [3.8, 4) is 5.75 Å². The van der Waals surface area contributed by atoms with E-state index in [0.717, 1.165) is 35.7 Å². The van der Waals surface area contributed by atoms with Gasteiger partial charge in [-0.1, -0.05) is 18.2 Å². The maximum atomic E-state index is 13.2. The number of rotatable bonds is 6. The second-order valence-electron chi connectivity index (χ2n) is 7.61. The number of para-hydroxylation sites is 1. The van der Waals surface area contributed by atoms with E-state index in [1.54, 1.807) is 34.8 Å². The first-order valence-electron chi connectivity index (χ1n) is 10.3. The molecule has 0 saturated carbocycles. The molecule has 0 radical (unpaired) electrons. The summed E-state index contributed by atoms with van der Waals surface area (Å²) in [5.41, 5.74) is 2.67. The lowest BCUT2D eigenvalue weighted by molar-refractivity contribution is 0.310. The van der Waals surface area contributed by atoms with E-state index in [0.29, 0.717) is 18.8 Å². The first-order chi connectivity index (χ1) is 15.0. The summed E-state index contributed by atoms with van der Waals surface area (Å²) in [5.74, 6) is 1.17. The quantitative estimate of drug-likeness (QED) is 0.624. The summed E-state index contributed by atoms with van der Waals surface area (Å²) < 4.78 is 33.3. The lowest BCUT2D eigenvalue weighted by atomic mass is 9.95. The molecule has 0 spiro atoms. The van der Waals surface area contributed by atoms with E-state index in [2.05, 4.69) is 15.3 Å². The summed E-state index contributed by atoms with van der Waals surface area (Å²) in [6.07, 6.45) is 3.46. The third-order valence-corrected chi connectivity index (χ3v) is 7.34. The van der Waals surface area contributed by atoms with Crippen molar-refractivity contribution in [2.24, 2.45) is 0 Å². The fraction of sp³-hybridized carbons (Fsp3) is 0.304. The van der Waals surface area contributed by atoms with Crippen LogP contribution in [0.4, 0.5) is 11.5 Å². The van der Waals surface area contributed by atoms with E-state index in [1.807, 2.05) is 37.3 Å². The van der Waals surface area contributed by atoms with E-state index in [9.17, 15) is 8.42 Å². The summed E-state index contributed by atoms with van der Waals surface area (Å²) in [6.45, 7) is 2.84. The molecule has 8 heteroatoms. The van der Waals surface area contributed by atoms with Gasteiger partial charge in [-0.3, -0.25) is 4.98 Å². The molecule has 162 valence electrons. The molecular weight excluding hydrogens is 412 g/mol. The van der Waals surface area contributed by atoms with Crippen molar-refractivity contribution in [2.75, 3.05) is 25.5 Å². The summed E-state index contributed by atoms with van der Waals surface area (Å²) in [4.78, 5) is 9.25. The van der Waals surface area contributed by atoms with Gasteiger partial charge in [0.25, 0.3) is 0 Å². The summed E-state index contributed by atoms with van der Waals surface area (Å²) in [6, 6.07) is 16.5. The van der Waals surface area contributed by atoms with E-state index in [-0.39, 0.29) is 10.8 Å². The van der Waals surface area contributed by atoms with Crippen LogP contribution in [0.1, 0.15) is 30.1 Å². The number of pyridine rings is 2. The number of hydrogen-bond acceptors (Lipinski definition) is 6. The molecule has 1 aliphatic heterocycles. The molecule has 0 amide bonds. The van der Waals surface area contributed by atoms with Crippen molar-refractivity contribution < 1.29 is 13.2 Å². The lowest BCUT2D eigenvalue weighted by Crippen LogP contribution is -2.39. The maximum absolute atomic E-state index is 13.2. The van der Waals surface area contributed by atoms with Gasteiger partial charge in [-0.15, -0.1) is 0 Å². The van der Waals surface area contributed by atoms with Crippen molar-refractivity contribution in [2.45, 2.75) is 30.6 Å². The average molecular weight is 439 g/mol. The fourth-order valence-electron chi connectivity index (χ4n) is 3.85. The van der Waals surface area contributed by atoms with E-state index >= 15 is 0 Å². The number of sulfonamides is 1. The number of benzene rings is 1. The number of anilines is 2. The summed E-state index contributed by atoms with van der Waals surface area (Å²) in [7, 11) is -2.15.